The summed E-state index contributed by atoms with van der Waals surface area (Å²) < 4.78 is 5.18. The van der Waals surface area contributed by atoms with E-state index in [-0.39, 0.29) is 19.0 Å². The molecule has 0 fully saturated rings. The fourth-order valence-corrected chi connectivity index (χ4v) is 1.04. The van der Waals surface area contributed by atoms with Gasteiger partial charge in [-0.05, 0) is 19.1 Å². The zero-order chi connectivity index (χ0) is 9.68. The van der Waals surface area contributed by atoms with Gasteiger partial charge in [0, 0.05) is 0 Å². The van der Waals surface area contributed by atoms with Crippen LogP contribution in [-0.4, -0.2) is 24.1 Å². The Bertz CT molecular complexity index is 294. The fraction of sp³-hybridized carbons (Fsp3) is 0.300. The van der Waals surface area contributed by atoms with Crippen molar-refractivity contribution in [2.24, 2.45) is 0 Å². The third-order valence-corrected chi connectivity index (χ3v) is 1.62. The maximum absolute atomic E-state index is 11.1. The molecule has 0 radical (unpaired) electrons. The Kier molecular flexibility index (Phi) is 3.46. The lowest BCUT2D eigenvalue weighted by molar-refractivity contribution is 0.101. The normalized spacial score (nSPS) is 9.69. The van der Waals surface area contributed by atoms with Crippen molar-refractivity contribution in [2.45, 2.75) is 6.92 Å². The summed E-state index contributed by atoms with van der Waals surface area (Å²) in [7, 11) is 0. The molecule has 0 aliphatic rings. The number of aliphatic hydroxyl groups excluding tert-OH is 1. The molecule has 0 spiro atoms. The fourth-order valence-electron chi connectivity index (χ4n) is 1.04. The third kappa shape index (κ3) is 2.56. The van der Waals surface area contributed by atoms with Gasteiger partial charge in [0.15, 0.2) is 5.78 Å². The lowest BCUT2D eigenvalue weighted by Crippen LogP contribution is -2.05. The summed E-state index contributed by atoms with van der Waals surface area (Å²) in [5.74, 6) is 0.498. The molecule has 3 heteroatoms. The first-order valence-corrected chi connectivity index (χ1v) is 4.09. The number of Topliss-reactive ketones (excluding diaryl/α,β-unsaturated/α-hetero) is 1. The molecule has 1 N–H and O–H groups in total. The predicted molar refractivity (Wildman–Crippen MR) is 49.0 cm³/mol. The minimum atomic E-state index is -0.0494. The van der Waals surface area contributed by atoms with Crippen LogP contribution < -0.4 is 4.74 Å². The molecule has 0 aromatic heterocycles. The van der Waals surface area contributed by atoms with E-state index in [2.05, 4.69) is 0 Å². The number of ether oxygens (including phenoxy) is 1. The summed E-state index contributed by atoms with van der Waals surface area (Å²) in [5, 5.41) is 8.55. The van der Waals surface area contributed by atoms with Crippen LogP contribution in [0.2, 0.25) is 0 Å². The zero-order valence-corrected chi connectivity index (χ0v) is 7.49. The van der Waals surface area contributed by atoms with Gasteiger partial charge in [-0.25, -0.2) is 0 Å². The Morgan fingerprint density at radius 3 is 2.77 bits per heavy atom. The van der Waals surface area contributed by atoms with Gasteiger partial charge < -0.3 is 9.84 Å². The van der Waals surface area contributed by atoms with Gasteiger partial charge in [0.25, 0.3) is 0 Å². The molecule has 1 aromatic rings. The monoisotopic (exact) mass is 180 g/mol. The number of carbonyl (C=O) groups excluding carboxylic acids is 1. The van der Waals surface area contributed by atoms with Crippen LogP contribution >= 0.6 is 0 Å². The van der Waals surface area contributed by atoms with Gasteiger partial charge in [-0.1, -0.05) is 12.1 Å². The molecular formula is C10H12O3. The van der Waals surface area contributed by atoms with Crippen LogP contribution in [0.25, 0.3) is 0 Å². The molecule has 0 unspecified atom stereocenters. The first-order chi connectivity index (χ1) is 6.25. The minimum Gasteiger partial charge on any atom is -0.490 e. The SMILES string of the molecule is CC(=O)c1ccccc1OCCO. The van der Waals surface area contributed by atoms with Gasteiger partial charge in [-0.3, -0.25) is 4.79 Å². The van der Waals surface area contributed by atoms with Gasteiger partial charge in [0.1, 0.15) is 12.4 Å². The smallest absolute Gasteiger partial charge is 0.163 e. The molecule has 0 saturated carbocycles. The van der Waals surface area contributed by atoms with Crippen LogP contribution in [0.3, 0.4) is 0 Å². The van der Waals surface area contributed by atoms with Crippen LogP contribution in [0.5, 0.6) is 5.75 Å². The van der Waals surface area contributed by atoms with Gasteiger partial charge >= 0.3 is 0 Å². The number of para-hydroxylation sites is 1. The van der Waals surface area contributed by atoms with E-state index in [0.717, 1.165) is 0 Å². The predicted octanol–water partition coefficient (Wildman–Crippen LogP) is 1.26. The Labute approximate surface area is 77.0 Å². The largest absolute Gasteiger partial charge is 0.490 e. The highest BCUT2D eigenvalue weighted by atomic mass is 16.5. The Hall–Kier alpha value is -1.35. The molecule has 3 nitrogen and oxygen atoms in total. The number of hydrogen-bond acceptors (Lipinski definition) is 3. The number of hydrogen-bond donors (Lipinski definition) is 1. The lowest BCUT2D eigenvalue weighted by atomic mass is 10.1. The molecule has 1 aromatic carbocycles. The van der Waals surface area contributed by atoms with Crippen LogP contribution in [0, 0.1) is 0 Å². The van der Waals surface area contributed by atoms with Crippen molar-refractivity contribution in [1.29, 1.82) is 0 Å². The molecule has 0 amide bonds. The van der Waals surface area contributed by atoms with E-state index in [1.807, 2.05) is 0 Å². The van der Waals surface area contributed by atoms with Gasteiger partial charge in [-0.15, -0.1) is 0 Å². The van der Waals surface area contributed by atoms with Crippen LogP contribution in [-0.2, 0) is 0 Å². The van der Waals surface area contributed by atoms with Crippen molar-refractivity contribution < 1.29 is 14.6 Å². The van der Waals surface area contributed by atoms with E-state index in [1.165, 1.54) is 6.92 Å². The van der Waals surface area contributed by atoms with E-state index in [1.54, 1.807) is 24.3 Å². The minimum absolute atomic E-state index is 0.0338. The van der Waals surface area contributed by atoms with Crippen molar-refractivity contribution >= 4 is 5.78 Å². The van der Waals surface area contributed by atoms with Gasteiger partial charge in [0.2, 0.25) is 0 Å². The van der Waals surface area contributed by atoms with E-state index in [9.17, 15) is 4.79 Å². The highest BCUT2D eigenvalue weighted by Crippen LogP contribution is 2.17. The summed E-state index contributed by atoms with van der Waals surface area (Å²) in [5.41, 5.74) is 0.552. The summed E-state index contributed by atoms with van der Waals surface area (Å²) in [6.45, 7) is 1.65. The van der Waals surface area contributed by atoms with Gasteiger partial charge in [0.05, 0.1) is 12.2 Å². The van der Waals surface area contributed by atoms with Crippen molar-refractivity contribution in [2.75, 3.05) is 13.2 Å². The highest BCUT2D eigenvalue weighted by molar-refractivity contribution is 5.96. The highest BCUT2D eigenvalue weighted by Gasteiger charge is 2.05. The van der Waals surface area contributed by atoms with Crippen LogP contribution in [0.4, 0.5) is 0 Å². The zero-order valence-electron chi connectivity index (χ0n) is 7.49. The summed E-state index contributed by atoms with van der Waals surface area (Å²) in [4.78, 5) is 11.1. The second kappa shape index (κ2) is 4.62. The van der Waals surface area contributed by atoms with Crippen molar-refractivity contribution in [3.05, 3.63) is 29.8 Å². The molecular weight excluding hydrogens is 168 g/mol. The molecule has 0 saturated heterocycles. The van der Waals surface area contributed by atoms with Crippen LogP contribution in [0.1, 0.15) is 17.3 Å². The lowest BCUT2D eigenvalue weighted by Gasteiger charge is -2.07. The molecule has 13 heavy (non-hydrogen) atoms. The molecule has 0 aliphatic carbocycles. The molecule has 0 aliphatic heterocycles. The maximum atomic E-state index is 11.1. The van der Waals surface area contributed by atoms with Crippen molar-refractivity contribution in [1.82, 2.24) is 0 Å². The Balaban J connectivity index is 2.84. The van der Waals surface area contributed by atoms with E-state index >= 15 is 0 Å². The molecule has 1 rings (SSSR count). The van der Waals surface area contributed by atoms with E-state index in [0.29, 0.717) is 11.3 Å². The Morgan fingerprint density at radius 1 is 1.46 bits per heavy atom. The third-order valence-electron chi connectivity index (χ3n) is 1.62. The average molecular weight is 180 g/mol. The van der Waals surface area contributed by atoms with Crippen molar-refractivity contribution in [3.8, 4) is 5.75 Å². The second-order valence-corrected chi connectivity index (χ2v) is 2.62. The number of rotatable bonds is 4. The molecule has 0 atom stereocenters. The molecule has 70 valence electrons. The number of aliphatic hydroxyl groups is 1. The van der Waals surface area contributed by atoms with Gasteiger partial charge in [-0.2, -0.15) is 0 Å². The van der Waals surface area contributed by atoms with Crippen LogP contribution in [0.15, 0.2) is 24.3 Å². The first-order valence-electron chi connectivity index (χ1n) is 4.09. The summed E-state index contributed by atoms with van der Waals surface area (Å²) in [6.07, 6.45) is 0. The second-order valence-electron chi connectivity index (χ2n) is 2.62. The number of carbonyl (C=O) groups is 1. The first kappa shape index (κ1) is 9.74. The van der Waals surface area contributed by atoms with E-state index < -0.39 is 0 Å². The van der Waals surface area contributed by atoms with E-state index in [4.69, 9.17) is 9.84 Å². The molecule has 0 bridgehead atoms. The summed E-state index contributed by atoms with van der Waals surface area (Å²) in [6, 6.07) is 6.99. The number of ketones is 1. The summed E-state index contributed by atoms with van der Waals surface area (Å²) >= 11 is 0. The van der Waals surface area contributed by atoms with Crippen molar-refractivity contribution in [3.63, 3.8) is 0 Å². The molecule has 0 heterocycles. The quantitative estimate of drug-likeness (QED) is 0.709. The topological polar surface area (TPSA) is 46.5 Å². The Morgan fingerprint density at radius 2 is 2.15 bits per heavy atom. The standard InChI is InChI=1S/C10H12O3/c1-8(12)9-4-2-3-5-10(9)13-7-6-11/h2-5,11H,6-7H2,1H3. The maximum Gasteiger partial charge on any atom is 0.163 e. The number of benzene rings is 1. The average Bonchev–Trinajstić information content (AvgIpc) is 2.15.